The zero-order chi connectivity index (χ0) is 30.2. The number of hydrogen-bond acceptors (Lipinski definition) is 2. The molecular formula is C41H26N4S. The highest BCUT2D eigenvalue weighted by Crippen LogP contribution is 2.43. The van der Waals surface area contributed by atoms with Gasteiger partial charge in [-0.3, -0.25) is 13.7 Å². The Morgan fingerprint density at radius 3 is 2.00 bits per heavy atom. The highest BCUT2D eigenvalue weighted by atomic mass is 32.1. The largest absolute Gasteiger partial charge is 0.300 e. The van der Waals surface area contributed by atoms with Gasteiger partial charge in [-0.15, -0.1) is 11.3 Å². The van der Waals surface area contributed by atoms with E-state index in [1.165, 1.54) is 47.4 Å². The van der Waals surface area contributed by atoms with Gasteiger partial charge in [-0.1, -0.05) is 72.8 Å². The van der Waals surface area contributed by atoms with Crippen molar-refractivity contribution in [1.29, 1.82) is 0 Å². The van der Waals surface area contributed by atoms with Gasteiger partial charge in [0.15, 0.2) is 0 Å². The quantitative estimate of drug-likeness (QED) is 0.196. The normalized spacial score (nSPS) is 11.9. The molecule has 0 atom stereocenters. The molecule has 5 heteroatoms. The van der Waals surface area contributed by atoms with Crippen LogP contribution < -0.4 is 0 Å². The Kier molecular flexibility index (Phi) is 5.41. The van der Waals surface area contributed by atoms with E-state index in [4.69, 9.17) is 4.98 Å². The standard InChI is InChI=1S/C41H26N4S/c1-3-11-28(12-4-1)43-24-23-42-40(43)27-19-21-36-34(25-27)39-32-16-7-9-17-35(32)45(41(39)44(36)29-13-5-2-6-14-29)30-20-22-38-33(26-30)31-15-8-10-18-37(31)46-38/h1-26H. The van der Waals surface area contributed by atoms with Crippen molar-refractivity contribution in [1.82, 2.24) is 18.7 Å². The number of nitrogens with zero attached hydrogens (tertiary/aromatic N) is 4. The van der Waals surface area contributed by atoms with Gasteiger partial charge >= 0.3 is 0 Å². The van der Waals surface area contributed by atoms with Crippen molar-refractivity contribution in [2.45, 2.75) is 0 Å². The first kappa shape index (κ1) is 25.4. The third-order valence-electron chi connectivity index (χ3n) is 9.13. The van der Waals surface area contributed by atoms with Gasteiger partial charge in [0.05, 0.1) is 11.0 Å². The Bertz CT molecular complexity index is 2740. The minimum atomic E-state index is 0.923. The average molecular weight is 607 g/mol. The molecule has 0 aliphatic heterocycles. The number of para-hydroxylation sites is 3. The summed E-state index contributed by atoms with van der Waals surface area (Å²) in [5.74, 6) is 0.923. The molecule has 0 bridgehead atoms. The third kappa shape index (κ3) is 3.63. The van der Waals surface area contributed by atoms with E-state index in [0.717, 1.165) is 34.1 Å². The smallest absolute Gasteiger partial charge is 0.144 e. The van der Waals surface area contributed by atoms with Crippen molar-refractivity contribution < 1.29 is 0 Å². The number of aromatic nitrogens is 4. The molecule has 0 radical (unpaired) electrons. The fourth-order valence-electron chi connectivity index (χ4n) is 7.16. The van der Waals surface area contributed by atoms with E-state index in [1.54, 1.807) is 0 Å². The second-order valence-electron chi connectivity index (χ2n) is 11.7. The lowest BCUT2D eigenvalue weighted by Gasteiger charge is -2.13. The number of hydrogen-bond donors (Lipinski definition) is 0. The highest BCUT2D eigenvalue weighted by Gasteiger charge is 2.23. The van der Waals surface area contributed by atoms with Crippen molar-refractivity contribution in [3.05, 3.63) is 158 Å². The molecule has 10 rings (SSSR count). The molecular weight excluding hydrogens is 581 g/mol. The summed E-state index contributed by atoms with van der Waals surface area (Å²) < 4.78 is 9.66. The Morgan fingerprint density at radius 1 is 0.478 bits per heavy atom. The summed E-state index contributed by atoms with van der Waals surface area (Å²) in [6.45, 7) is 0. The summed E-state index contributed by atoms with van der Waals surface area (Å²) in [7, 11) is 0. The summed E-state index contributed by atoms with van der Waals surface area (Å²) >= 11 is 1.86. The number of benzene rings is 6. The van der Waals surface area contributed by atoms with Crippen LogP contribution >= 0.6 is 11.3 Å². The first-order valence-electron chi connectivity index (χ1n) is 15.5. The predicted molar refractivity (Wildman–Crippen MR) is 193 cm³/mol. The molecule has 4 aromatic heterocycles. The van der Waals surface area contributed by atoms with Crippen LogP contribution in [0.1, 0.15) is 0 Å². The molecule has 4 nitrogen and oxygen atoms in total. The molecule has 0 aliphatic carbocycles. The van der Waals surface area contributed by atoms with Crippen molar-refractivity contribution in [2.24, 2.45) is 0 Å². The van der Waals surface area contributed by atoms with Crippen LogP contribution in [0.2, 0.25) is 0 Å². The van der Waals surface area contributed by atoms with E-state index in [0.29, 0.717) is 0 Å². The zero-order valence-corrected chi connectivity index (χ0v) is 25.5. The van der Waals surface area contributed by atoms with Crippen molar-refractivity contribution in [3.8, 4) is 28.5 Å². The van der Waals surface area contributed by atoms with Gasteiger partial charge in [0.25, 0.3) is 0 Å². The summed E-state index contributed by atoms with van der Waals surface area (Å²) in [5, 5.41) is 6.28. The SMILES string of the molecule is c1ccc(-n2ccnc2-c2ccc3c(c2)c2c4ccccc4n(-c4ccc5sc6ccccc6c5c4)c2n3-c2ccccc2)cc1. The predicted octanol–water partition coefficient (Wildman–Crippen LogP) is 10.9. The van der Waals surface area contributed by atoms with Gasteiger partial charge in [0.2, 0.25) is 0 Å². The molecule has 0 N–H and O–H groups in total. The van der Waals surface area contributed by atoms with Crippen molar-refractivity contribution in [3.63, 3.8) is 0 Å². The lowest BCUT2D eigenvalue weighted by atomic mass is 10.1. The average Bonchev–Trinajstić information content (AvgIpc) is 3.89. The molecule has 0 saturated heterocycles. The second-order valence-corrected chi connectivity index (χ2v) is 12.8. The second kappa shape index (κ2) is 9.80. The monoisotopic (exact) mass is 606 g/mol. The maximum absolute atomic E-state index is 4.83. The molecule has 0 amide bonds. The molecule has 0 saturated carbocycles. The van der Waals surface area contributed by atoms with E-state index in [2.05, 4.69) is 153 Å². The Labute approximate surface area is 268 Å². The minimum Gasteiger partial charge on any atom is -0.300 e. The Balaban J connectivity index is 1.32. The van der Waals surface area contributed by atoms with Crippen molar-refractivity contribution in [2.75, 3.05) is 0 Å². The van der Waals surface area contributed by atoms with Crippen LogP contribution in [0.4, 0.5) is 0 Å². The molecule has 4 heterocycles. The van der Waals surface area contributed by atoms with E-state index in [9.17, 15) is 0 Å². The molecule has 6 aromatic carbocycles. The van der Waals surface area contributed by atoms with Gasteiger partial charge in [0, 0.05) is 71.4 Å². The molecule has 216 valence electrons. The fraction of sp³-hybridized carbons (Fsp3) is 0. The molecule has 0 unspecified atom stereocenters. The summed E-state index contributed by atoms with van der Waals surface area (Å²) in [5.41, 5.74) is 7.97. The van der Waals surface area contributed by atoms with Crippen LogP contribution in [0.15, 0.2) is 158 Å². The highest BCUT2D eigenvalue weighted by molar-refractivity contribution is 7.25. The van der Waals surface area contributed by atoms with Gasteiger partial charge in [-0.05, 0) is 72.8 Å². The van der Waals surface area contributed by atoms with Crippen LogP contribution in [-0.4, -0.2) is 18.7 Å². The third-order valence-corrected chi connectivity index (χ3v) is 10.3. The number of imidazole rings is 1. The topological polar surface area (TPSA) is 27.7 Å². The first-order chi connectivity index (χ1) is 22.8. The Hall–Kier alpha value is -5.91. The van der Waals surface area contributed by atoms with Crippen LogP contribution in [-0.2, 0) is 0 Å². The molecule has 0 aliphatic rings. The van der Waals surface area contributed by atoms with E-state index < -0.39 is 0 Å². The zero-order valence-electron chi connectivity index (χ0n) is 24.7. The maximum Gasteiger partial charge on any atom is 0.144 e. The van der Waals surface area contributed by atoms with Gasteiger partial charge in [0.1, 0.15) is 11.5 Å². The van der Waals surface area contributed by atoms with Crippen LogP contribution in [0.3, 0.4) is 0 Å². The summed E-state index contributed by atoms with van der Waals surface area (Å²) in [4.78, 5) is 4.83. The first-order valence-corrected chi connectivity index (χ1v) is 16.3. The van der Waals surface area contributed by atoms with E-state index in [1.807, 2.05) is 29.8 Å². The number of thiophene rings is 1. The number of fused-ring (bicyclic) bond motifs is 8. The molecule has 10 aromatic rings. The fourth-order valence-corrected chi connectivity index (χ4v) is 8.24. The summed E-state index contributed by atoms with van der Waals surface area (Å²) in [6.07, 6.45) is 3.92. The Morgan fingerprint density at radius 2 is 1.15 bits per heavy atom. The van der Waals surface area contributed by atoms with Gasteiger partial charge in [-0.2, -0.15) is 0 Å². The molecule has 0 spiro atoms. The van der Waals surface area contributed by atoms with Crippen LogP contribution in [0.25, 0.3) is 81.5 Å². The lowest BCUT2D eigenvalue weighted by Crippen LogP contribution is -2.01. The van der Waals surface area contributed by atoms with Crippen LogP contribution in [0, 0.1) is 0 Å². The minimum absolute atomic E-state index is 0.923. The van der Waals surface area contributed by atoms with E-state index >= 15 is 0 Å². The van der Waals surface area contributed by atoms with Gasteiger partial charge in [-0.25, -0.2) is 4.98 Å². The van der Waals surface area contributed by atoms with Gasteiger partial charge < -0.3 is 0 Å². The van der Waals surface area contributed by atoms with Crippen molar-refractivity contribution >= 4 is 64.3 Å². The maximum atomic E-state index is 4.83. The lowest BCUT2D eigenvalue weighted by molar-refractivity contribution is 1.06. The molecule has 46 heavy (non-hydrogen) atoms. The number of rotatable bonds is 4. The molecule has 0 fully saturated rings. The van der Waals surface area contributed by atoms with E-state index in [-0.39, 0.29) is 0 Å². The van der Waals surface area contributed by atoms with Crippen LogP contribution in [0.5, 0.6) is 0 Å². The summed E-state index contributed by atoms with van der Waals surface area (Å²) in [6, 6.07) is 52.4.